The number of carbonyl (C=O) groups is 9. The van der Waals surface area contributed by atoms with Crippen molar-refractivity contribution in [3.63, 3.8) is 0 Å². The number of anilines is 2. The molecule has 0 saturated heterocycles. The zero-order chi connectivity index (χ0) is 66.3. The highest BCUT2D eigenvalue weighted by Crippen LogP contribution is 2.16. The number of rotatable bonds is 38. The predicted octanol–water partition coefficient (Wildman–Crippen LogP) is -12.0. The van der Waals surface area contributed by atoms with Crippen molar-refractivity contribution in [3.05, 3.63) is 52.1 Å². The first-order valence-corrected chi connectivity index (χ1v) is 26.5. The third kappa shape index (κ3) is 22.2. The maximum Gasteiger partial charge on any atom is 0.326 e. The normalized spacial score (nSPS) is 16.5. The molecule has 39 heteroatoms. The number of aliphatic hydroxyl groups excluding tert-OH is 12. The lowest BCUT2D eigenvalue weighted by Gasteiger charge is -2.33. The van der Waals surface area contributed by atoms with Gasteiger partial charge in [-0.05, 0) is 56.9 Å². The van der Waals surface area contributed by atoms with Crippen LogP contribution in [0.2, 0.25) is 0 Å². The van der Waals surface area contributed by atoms with Gasteiger partial charge in [-0.15, -0.1) is 0 Å². The molecule has 0 unspecified atom stereocenters. The fraction of sp³-hybridized carbons (Fsp3) is 0.551. The number of H-pyrrole nitrogens is 1. The number of carbonyl (C=O) groups excluding carboxylic acids is 7. The molecule has 0 aliphatic heterocycles. The molecular formula is C49H73N15O24. The highest BCUT2D eigenvalue weighted by atomic mass is 16.4. The monoisotopic (exact) mass is 1260 g/mol. The van der Waals surface area contributed by atoms with E-state index < -0.39 is 208 Å². The van der Waals surface area contributed by atoms with E-state index in [1.54, 1.807) is 0 Å². The molecule has 0 radical (unpaired) electrons. The first kappa shape index (κ1) is 73.5. The summed E-state index contributed by atoms with van der Waals surface area (Å²) in [7, 11) is 0. The van der Waals surface area contributed by atoms with E-state index in [0.717, 1.165) is 6.92 Å². The lowest BCUT2D eigenvalue weighted by atomic mass is 9.97. The van der Waals surface area contributed by atoms with Crippen molar-refractivity contribution in [3.8, 4) is 0 Å². The lowest BCUT2D eigenvalue weighted by molar-refractivity contribution is -0.144. The van der Waals surface area contributed by atoms with E-state index in [4.69, 9.17) is 17.2 Å². The summed E-state index contributed by atoms with van der Waals surface area (Å²) in [6.45, 7) is -3.10. The smallest absolute Gasteiger partial charge is 0.326 e. The maximum absolute atomic E-state index is 14.2. The second-order valence-corrected chi connectivity index (χ2v) is 19.6. The number of nitrogen functional groups attached to an aromatic ring is 1. The van der Waals surface area contributed by atoms with Crippen LogP contribution in [-0.2, 0) is 44.9 Å². The van der Waals surface area contributed by atoms with Crippen molar-refractivity contribution in [2.24, 2.45) is 16.5 Å². The van der Waals surface area contributed by atoms with E-state index in [2.05, 4.69) is 40.9 Å². The molecule has 1 aromatic carbocycles. The minimum Gasteiger partial charge on any atom is -0.481 e. The second kappa shape index (κ2) is 35.2. The molecule has 0 bridgehead atoms. The van der Waals surface area contributed by atoms with Crippen LogP contribution in [0.25, 0.3) is 11.2 Å². The van der Waals surface area contributed by atoms with Gasteiger partial charge in [0.25, 0.3) is 11.5 Å². The van der Waals surface area contributed by atoms with Gasteiger partial charge in [-0.3, -0.25) is 53.1 Å². The number of nitrogens with zero attached hydrogens (tertiary/aromatic N) is 4. The molecule has 0 saturated carbocycles. The summed E-state index contributed by atoms with van der Waals surface area (Å²) in [5, 5.41) is 158. The zero-order valence-electron chi connectivity index (χ0n) is 46.7. The van der Waals surface area contributed by atoms with Crippen molar-refractivity contribution in [2.45, 2.75) is 143 Å². The van der Waals surface area contributed by atoms with Crippen LogP contribution in [0, 0.1) is 0 Å². The van der Waals surface area contributed by atoms with E-state index in [1.165, 1.54) is 30.5 Å². The molecule has 39 nitrogen and oxygen atoms in total. The van der Waals surface area contributed by atoms with Gasteiger partial charge in [0.1, 0.15) is 91.2 Å². The summed E-state index contributed by atoms with van der Waals surface area (Å²) in [4.78, 5) is 150. The van der Waals surface area contributed by atoms with E-state index in [9.17, 15) is 119 Å². The Morgan fingerprint density at radius 3 is 1.58 bits per heavy atom. The molecule has 0 aliphatic rings. The van der Waals surface area contributed by atoms with Crippen LogP contribution in [-0.4, -0.2) is 268 Å². The first-order valence-electron chi connectivity index (χ1n) is 26.5. The quantitative estimate of drug-likeness (QED) is 0.0144. The van der Waals surface area contributed by atoms with E-state index in [-0.39, 0.29) is 42.2 Å². The van der Waals surface area contributed by atoms with Crippen molar-refractivity contribution < 1.29 is 115 Å². The summed E-state index contributed by atoms with van der Waals surface area (Å²) in [5.74, 6) is -13.7. The first-order chi connectivity index (χ1) is 41.3. The maximum atomic E-state index is 14.2. The number of aliphatic hydroxyl groups is 12. The van der Waals surface area contributed by atoms with E-state index in [1.807, 2.05) is 21.3 Å². The van der Waals surface area contributed by atoms with E-state index in [0.29, 0.717) is 11.4 Å². The van der Waals surface area contributed by atoms with Gasteiger partial charge in [0, 0.05) is 30.6 Å². The van der Waals surface area contributed by atoms with Gasteiger partial charge in [-0.25, -0.2) is 14.8 Å². The van der Waals surface area contributed by atoms with Gasteiger partial charge in [0.05, 0.1) is 38.3 Å². The van der Waals surface area contributed by atoms with Gasteiger partial charge in [-0.1, -0.05) is 0 Å². The van der Waals surface area contributed by atoms with Crippen LogP contribution in [0.5, 0.6) is 0 Å². The molecule has 28 N–H and O–H groups in total. The molecule has 2 aromatic heterocycles. The Morgan fingerprint density at radius 1 is 0.602 bits per heavy atom. The molecule has 0 aliphatic carbocycles. The number of benzene rings is 1. The number of guanidine groups is 1. The second-order valence-electron chi connectivity index (χ2n) is 19.6. The minimum atomic E-state index is -2.72. The standard InChI is InChI=1S/C49H73N15O24/c1-18(68)30(37(78)34(75)25(69)15-65)61-42(82)22(3-2-12-53-48(50)51)57-45(85)32(39(80)36(77)27(71)17-67)62-43(83)23(9-11-29(73)74)58-44(84)31(38(79)35(76)26(70)16-66)60-28(72)10-8-24(47(87)88)59-41(81)19-4-6-20(7-5-19)54-13-21-14-55-40-33(56-21)46(86)64-49(52)63-40/h4-7,14,22-27,30-32,34-39,54,65-67,69-71,75-80H,2-3,8-13,15-17H2,1H3,(H,57,85)(H,58,84)(H,59,81)(H,60,72)(H,61,82)(H,62,83)(H,73,74)(H,87,88)(H4,50,51,53)(H3,52,55,63,64,86)/t22-,23-,24-,25+,26+,27+,30+,31-,32-,34+,35+,36+,37+,38+,39+/m0/s1. The number of aromatic amines is 1. The molecule has 15 atom stereocenters. The predicted molar refractivity (Wildman–Crippen MR) is 297 cm³/mol. The molecule has 6 amide bonds. The lowest BCUT2D eigenvalue weighted by Crippen LogP contribution is -2.65. The van der Waals surface area contributed by atoms with Crippen LogP contribution < -0.4 is 60.0 Å². The van der Waals surface area contributed by atoms with Crippen molar-refractivity contribution in [1.82, 2.24) is 51.8 Å². The summed E-state index contributed by atoms with van der Waals surface area (Å²) >= 11 is 0. The highest BCUT2D eigenvalue weighted by molar-refractivity contribution is 5.98. The number of hydrogen-bond donors (Lipinski definition) is 25. The molecule has 0 fully saturated rings. The molecule has 488 valence electrons. The van der Waals surface area contributed by atoms with Gasteiger partial charge in [0.2, 0.25) is 35.5 Å². The van der Waals surface area contributed by atoms with Crippen LogP contribution >= 0.6 is 0 Å². The van der Waals surface area contributed by atoms with Gasteiger partial charge in [-0.2, -0.15) is 4.98 Å². The Hall–Kier alpha value is -8.74. The van der Waals surface area contributed by atoms with Crippen molar-refractivity contribution >= 4 is 81.9 Å². The topological polar surface area (TPSA) is 683 Å². The Morgan fingerprint density at radius 2 is 1.09 bits per heavy atom. The van der Waals surface area contributed by atoms with Crippen LogP contribution in [0.3, 0.4) is 0 Å². The molecular weight excluding hydrogens is 1180 g/mol. The molecule has 2 heterocycles. The van der Waals surface area contributed by atoms with E-state index >= 15 is 0 Å². The number of carboxylic acids is 2. The summed E-state index contributed by atoms with van der Waals surface area (Å²) in [5.41, 5.74) is 16.2. The number of hydrogen-bond acceptors (Lipinski definition) is 28. The van der Waals surface area contributed by atoms with Gasteiger partial charge < -0.3 is 126 Å². The summed E-state index contributed by atoms with van der Waals surface area (Å²) < 4.78 is 0. The number of aliphatic carboxylic acids is 2. The number of fused-ring (bicyclic) bond motifs is 1. The molecule has 88 heavy (non-hydrogen) atoms. The number of ketones is 1. The number of Topliss-reactive ketones (excluding diaryl/α,β-unsaturated/α-hetero) is 1. The molecule has 3 rings (SSSR count). The largest absolute Gasteiger partial charge is 0.481 e. The third-order valence-electron chi connectivity index (χ3n) is 13.0. The van der Waals surface area contributed by atoms with Gasteiger partial charge >= 0.3 is 11.9 Å². The Balaban J connectivity index is 1.90. The zero-order valence-corrected chi connectivity index (χ0v) is 46.7. The van der Waals surface area contributed by atoms with Crippen LogP contribution in [0.4, 0.5) is 11.6 Å². The minimum absolute atomic E-state index is 0.00846. The third-order valence-corrected chi connectivity index (χ3v) is 13.0. The highest BCUT2D eigenvalue weighted by Gasteiger charge is 2.43. The number of carboxylic acid groups (broad SMARTS) is 2. The molecule has 0 spiro atoms. The number of aliphatic imine (C=N–C) groups is 1. The van der Waals surface area contributed by atoms with Crippen molar-refractivity contribution in [1.29, 1.82) is 0 Å². The summed E-state index contributed by atoms with van der Waals surface area (Å²) in [6.07, 6.45) is -24.7. The fourth-order valence-electron chi connectivity index (χ4n) is 7.99. The number of nitrogens with one attached hydrogen (secondary N) is 8. The van der Waals surface area contributed by atoms with Crippen LogP contribution in [0.15, 0.2) is 40.2 Å². The molecule has 3 aromatic rings. The van der Waals surface area contributed by atoms with Crippen molar-refractivity contribution in [2.75, 3.05) is 37.4 Å². The number of amides is 6. The Labute approximate surface area is 496 Å². The average Bonchev–Trinajstić information content (AvgIpc) is 2.06. The Kier molecular flexibility index (Phi) is 29.4. The Bertz CT molecular complexity index is 2970. The summed E-state index contributed by atoms with van der Waals surface area (Å²) in [6, 6.07) is -7.86. The van der Waals surface area contributed by atoms with Crippen LogP contribution in [0.1, 0.15) is 61.5 Å². The average molecular weight is 1260 g/mol. The van der Waals surface area contributed by atoms with Gasteiger partial charge in [0.15, 0.2) is 22.9 Å². The number of aromatic nitrogens is 4. The SMILES string of the molecule is CC(=O)[C@@H](NC(=O)[C@H](CCCN=C(N)N)NC(=O)[C@@H](NC(=O)[C@H](CCC(=O)O)NC(=O)[C@@H](NC(=O)CC[C@H](NC(=O)c1ccc(NCc2cnc3nc(N)[nH]c(=O)c3n2)cc1)C(=O)O)[C@@H](O)[C@H](O)[C@H](O)CO)[C@@H](O)[C@H](O)[C@H](O)CO)[C@@H](O)[C@H](O)[C@H](O)CO. The number of nitrogens with two attached hydrogens (primary N) is 3. The fourth-order valence-corrected chi connectivity index (χ4v) is 7.99.